The lowest BCUT2D eigenvalue weighted by Gasteiger charge is -2.25. The molecule has 3 atom stereocenters. The second-order valence-corrected chi connectivity index (χ2v) is 11.0. The number of carbonyl (C=O) groups excluding carboxylic acids is 1. The van der Waals surface area contributed by atoms with E-state index >= 15 is 0 Å². The van der Waals surface area contributed by atoms with Crippen LogP contribution in [0.25, 0.3) is 0 Å². The predicted molar refractivity (Wildman–Crippen MR) is 114 cm³/mol. The Morgan fingerprint density at radius 2 is 1.90 bits per heavy atom. The first-order valence-corrected chi connectivity index (χ1v) is 12.0. The first-order valence-electron chi connectivity index (χ1n) is 10.3. The summed E-state index contributed by atoms with van der Waals surface area (Å²) in [5, 5.41) is 11.5. The molecule has 0 spiro atoms. The number of hydrogen-bond acceptors (Lipinski definition) is 6. The second-order valence-electron chi connectivity index (χ2n) is 8.73. The highest BCUT2D eigenvalue weighted by Crippen LogP contribution is 2.36. The molecule has 0 saturated carbocycles. The number of aromatic nitrogens is 2. The molecule has 10 heteroatoms. The average molecular weight is 443 g/mol. The lowest BCUT2D eigenvalue weighted by atomic mass is 10.00. The summed E-state index contributed by atoms with van der Waals surface area (Å²) >= 11 is 0. The fourth-order valence-electron chi connectivity index (χ4n) is 4.29. The van der Waals surface area contributed by atoms with Crippen LogP contribution in [0, 0.1) is 11.8 Å². The highest BCUT2D eigenvalue weighted by molar-refractivity contribution is 7.92. The van der Waals surface area contributed by atoms with Gasteiger partial charge >= 0.3 is 0 Å². The van der Waals surface area contributed by atoms with Crippen molar-refractivity contribution >= 4 is 21.7 Å². The standard InChI is InChI=1S/C18H30N4O3S.C2H4O2/c1-6-22-15(8-13(19-22)7-12(2)3)18(23)21-9-14-16(20(4)5)11-26(24,25)17(14)10-21;1-2(3)4/h8,12,14,16-17H,6-7,9-11H2,1-5H3;1H3,(H,3,4)/t14-,16+,17-;/m0./s1. The normalized spacial score (nSPS) is 24.7. The van der Waals surface area contributed by atoms with Crippen LogP contribution in [-0.2, 0) is 27.6 Å². The van der Waals surface area contributed by atoms with Gasteiger partial charge in [-0.25, -0.2) is 8.42 Å². The van der Waals surface area contributed by atoms with E-state index in [0.717, 1.165) is 19.0 Å². The Balaban J connectivity index is 0.000000735. The molecule has 30 heavy (non-hydrogen) atoms. The van der Waals surface area contributed by atoms with E-state index < -0.39 is 21.1 Å². The highest BCUT2D eigenvalue weighted by atomic mass is 32.2. The maximum Gasteiger partial charge on any atom is 0.300 e. The van der Waals surface area contributed by atoms with E-state index in [9.17, 15) is 13.2 Å². The van der Waals surface area contributed by atoms with Crippen molar-refractivity contribution in [3.05, 3.63) is 17.5 Å². The molecule has 2 fully saturated rings. The number of hydrogen-bond donors (Lipinski definition) is 1. The maximum atomic E-state index is 13.1. The van der Waals surface area contributed by atoms with Gasteiger partial charge in [0.1, 0.15) is 5.69 Å². The van der Waals surface area contributed by atoms with E-state index in [-0.39, 0.29) is 23.6 Å². The topological polar surface area (TPSA) is 113 Å². The molecule has 0 bridgehead atoms. The van der Waals surface area contributed by atoms with E-state index in [4.69, 9.17) is 9.90 Å². The third kappa shape index (κ3) is 5.40. The van der Waals surface area contributed by atoms with Crippen molar-refractivity contribution in [3.8, 4) is 0 Å². The average Bonchev–Trinajstić information content (AvgIpc) is 3.27. The molecule has 1 N–H and O–H groups in total. The largest absolute Gasteiger partial charge is 0.481 e. The molecule has 2 aliphatic heterocycles. The lowest BCUT2D eigenvalue weighted by Crippen LogP contribution is -2.39. The van der Waals surface area contributed by atoms with E-state index in [1.165, 1.54) is 0 Å². The SMILES string of the molecule is CC(=O)O.CCn1nc(CC(C)C)cc1C(=O)N1C[C@H]2[C@H](N(C)C)CS(=O)(=O)[C@H]2C1. The third-order valence-corrected chi connectivity index (χ3v) is 7.81. The van der Waals surface area contributed by atoms with E-state index in [0.29, 0.717) is 31.2 Å². The summed E-state index contributed by atoms with van der Waals surface area (Å²) < 4.78 is 26.8. The zero-order valence-electron chi connectivity index (χ0n) is 18.7. The number of likely N-dealkylation sites (tertiary alicyclic amines) is 1. The van der Waals surface area contributed by atoms with E-state index in [1.807, 2.05) is 32.0 Å². The number of nitrogens with zero attached hydrogens (tertiary/aromatic N) is 4. The number of amides is 1. The van der Waals surface area contributed by atoms with Crippen molar-refractivity contribution in [1.82, 2.24) is 19.6 Å². The molecular weight excluding hydrogens is 408 g/mol. The molecular formula is C20H34N4O5S. The van der Waals surface area contributed by atoms with Crippen molar-refractivity contribution in [2.45, 2.75) is 52.0 Å². The molecule has 3 heterocycles. The Morgan fingerprint density at radius 1 is 1.30 bits per heavy atom. The van der Waals surface area contributed by atoms with Gasteiger partial charge in [0.05, 0.1) is 16.7 Å². The summed E-state index contributed by atoms with van der Waals surface area (Å²) in [6.45, 7) is 8.72. The van der Waals surface area contributed by atoms with Gasteiger partial charge in [-0.05, 0) is 39.4 Å². The molecule has 3 rings (SSSR count). The number of aryl methyl sites for hydroxylation is 1. The van der Waals surface area contributed by atoms with E-state index in [1.54, 1.807) is 9.58 Å². The molecule has 9 nitrogen and oxygen atoms in total. The molecule has 0 radical (unpaired) electrons. The summed E-state index contributed by atoms with van der Waals surface area (Å²) in [5.41, 5.74) is 1.49. The highest BCUT2D eigenvalue weighted by Gasteiger charge is 2.53. The second kappa shape index (κ2) is 9.47. The maximum absolute atomic E-state index is 13.1. The summed E-state index contributed by atoms with van der Waals surface area (Å²) in [6.07, 6.45) is 0.829. The number of aliphatic carboxylic acids is 1. The Labute approximate surface area is 178 Å². The van der Waals surface area contributed by atoms with Crippen LogP contribution in [0.3, 0.4) is 0 Å². The molecule has 2 aliphatic rings. The molecule has 1 aromatic rings. The molecule has 0 aromatic carbocycles. The number of sulfone groups is 1. The van der Waals surface area contributed by atoms with Gasteiger partial charge in [-0.3, -0.25) is 14.3 Å². The quantitative estimate of drug-likeness (QED) is 0.723. The molecule has 2 saturated heterocycles. The summed E-state index contributed by atoms with van der Waals surface area (Å²) in [7, 11) is 0.677. The predicted octanol–water partition coefficient (Wildman–Crippen LogP) is 0.992. The fourth-order valence-corrected chi connectivity index (χ4v) is 6.77. The van der Waals surface area contributed by atoms with Crippen LogP contribution in [0.5, 0.6) is 0 Å². The Morgan fingerprint density at radius 3 is 2.40 bits per heavy atom. The number of carbonyl (C=O) groups is 2. The van der Waals surface area contributed by atoms with Gasteiger partial charge in [0, 0.05) is 38.5 Å². The number of carboxylic acids is 1. The van der Waals surface area contributed by atoms with Gasteiger partial charge in [0.15, 0.2) is 9.84 Å². The summed E-state index contributed by atoms with van der Waals surface area (Å²) in [4.78, 5) is 25.8. The molecule has 0 unspecified atom stereocenters. The Kier molecular flexibility index (Phi) is 7.68. The van der Waals surface area contributed by atoms with Gasteiger partial charge in [-0.1, -0.05) is 13.8 Å². The van der Waals surface area contributed by atoms with Crippen LogP contribution in [0.4, 0.5) is 0 Å². The van der Waals surface area contributed by atoms with Crippen molar-refractivity contribution in [2.75, 3.05) is 32.9 Å². The molecule has 1 amide bonds. The number of rotatable bonds is 5. The van der Waals surface area contributed by atoms with Crippen LogP contribution in [-0.4, -0.2) is 89.2 Å². The van der Waals surface area contributed by atoms with Crippen molar-refractivity contribution in [2.24, 2.45) is 11.8 Å². The van der Waals surface area contributed by atoms with Gasteiger partial charge in [-0.2, -0.15) is 5.10 Å². The molecule has 1 aromatic heterocycles. The Hall–Kier alpha value is -1.94. The number of carboxylic acid groups (broad SMARTS) is 1. The fraction of sp³-hybridized carbons (Fsp3) is 0.750. The van der Waals surface area contributed by atoms with Crippen LogP contribution in [0.1, 0.15) is 43.9 Å². The monoisotopic (exact) mass is 442 g/mol. The van der Waals surface area contributed by atoms with E-state index in [2.05, 4.69) is 18.9 Å². The third-order valence-electron chi connectivity index (χ3n) is 5.58. The molecule has 0 aliphatic carbocycles. The lowest BCUT2D eigenvalue weighted by molar-refractivity contribution is -0.134. The van der Waals surface area contributed by atoms with Gasteiger partial charge in [0.25, 0.3) is 11.9 Å². The van der Waals surface area contributed by atoms with Gasteiger partial charge in [-0.15, -0.1) is 0 Å². The first kappa shape index (κ1) is 24.3. The first-order chi connectivity index (χ1) is 13.9. The zero-order valence-corrected chi connectivity index (χ0v) is 19.5. The van der Waals surface area contributed by atoms with Crippen molar-refractivity contribution in [3.63, 3.8) is 0 Å². The summed E-state index contributed by atoms with van der Waals surface area (Å²) in [6, 6.07) is 1.85. The van der Waals surface area contributed by atoms with Crippen LogP contribution >= 0.6 is 0 Å². The smallest absolute Gasteiger partial charge is 0.300 e. The minimum absolute atomic E-state index is 0.00733. The summed E-state index contributed by atoms with van der Waals surface area (Å²) in [5.74, 6) is -0.276. The van der Waals surface area contributed by atoms with Crippen molar-refractivity contribution < 1.29 is 23.1 Å². The molecule has 170 valence electrons. The minimum Gasteiger partial charge on any atom is -0.481 e. The zero-order chi connectivity index (χ0) is 22.8. The van der Waals surface area contributed by atoms with Crippen LogP contribution in [0.2, 0.25) is 0 Å². The van der Waals surface area contributed by atoms with Crippen molar-refractivity contribution in [1.29, 1.82) is 0 Å². The van der Waals surface area contributed by atoms with Crippen LogP contribution in [0.15, 0.2) is 6.07 Å². The minimum atomic E-state index is -3.15. The van der Waals surface area contributed by atoms with Gasteiger partial charge < -0.3 is 14.9 Å². The van der Waals surface area contributed by atoms with Gasteiger partial charge in [0.2, 0.25) is 0 Å². The van der Waals surface area contributed by atoms with Crippen LogP contribution < -0.4 is 0 Å². The Bertz CT molecular complexity index is 874. The number of fused-ring (bicyclic) bond motifs is 1.